The van der Waals surface area contributed by atoms with Gasteiger partial charge in [-0.1, -0.05) is 78.6 Å². The summed E-state index contributed by atoms with van der Waals surface area (Å²) in [6, 6.07) is -0.848. The molecular weight excluding hydrogens is 570 g/mol. The summed E-state index contributed by atoms with van der Waals surface area (Å²) in [6.45, 7) is 7.06. The topological polar surface area (TPSA) is 105 Å². The van der Waals surface area contributed by atoms with Crippen LogP contribution in [0.1, 0.15) is 168 Å². The van der Waals surface area contributed by atoms with Gasteiger partial charge in [0, 0.05) is 11.3 Å². The zero-order valence-electron chi connectivity index (χ0n) is 28.9. The molecule has 8 nitrogen and oxygen atoms in total. The lowest BCUT2D eigenvalue weighted by molar-refractivity contribution is -0.541. The van der Waals surface area contributed by atoms with Gasteiger partial charge in [0.1, 0.15) is 12.2 Å². The Kier molecular flexibility index (Phi) is 17.8. The van der Waals surface area contributed by atoms with Crippen LogP contribution in [0.5, 0.6) is 0 Å². The molecule has 260 valence electrons. The van der Waals surface area contributed by atoms with Gasteiger partial charge in [-0.2, -0.15) is 0 Å². The molecule has 0 aliphatic heterocycles. The molecule has 0 N–H and O–H groups in total. The van der Waals surface area contributed by atoms with Crippen LogP contribution in [0.25, 0.3) is 0 Å². The van der Waals surface area contributed by atoms with Gasteiger partial charge in [-0.15, -0.1) is 0 Å². The van der Waals surface area contributed by atoms with E-state index in [0.717, 1.165) is 83.5 Å². The zero-order valence-corrected chi connectivity index (χ0v) is 28.9. The van der Waals surface area contributed by atoms with Crippen molar-refractivity contribution in [1.82, 2.24) is 0 Å². The van der Waals surface area contributed by atoms with Crippen LogP contribution in [-0.2, 0) is 23.8 Å². The summed E-state index contributed by atoms with van der Waals surface area (Å²) in [6.07, 6.45) is 22.3. The van der Waals surface area contributed by atoms with E-state index >= 15 is 0 Å². The van der Waals surface area contributed by atoms with Gasteiger partial charge in [0.15, 0.2) is 0 Å². The van der Waals surface area contributed by atoms with E-state index < -0.39 is 18.1 Å². The summed E-state index contributed by atoms with van der Waals surface area (Å²) >= 11 is 0. The van der Waals surface area contributed by atoms with Gasteiger partial charge in [0.25, 0.3) is 0 Å². The first-order chi connectivity index (χ1) is 21.9. The summed E-state index contributed by atoms with van der Waals surface area (Å²) in [4.78, 5) is 37.5. The molecule has 4 atom stereocenters. The molecule has 0 bridgehead atoms. The Labute approximate surface area is 273 Å². The minimum atomic E-state index is -0.848. The quantitative estimate of drug-likeness (QED) is 0.0568. The van der Waals surface area contributed by atoms with Crippen molar-refractivity contribution in [1.29, 1.82) is 0 Å². The average Bonchev–Trinajstić information content (AvgIpc) is 3.06. The molecule has 3 aliphatic rings. The van der Waals surface area contributed by atoms with Crippen LogP contribution in [-0.4, -0.2) is 47.8 Å². The Morgan fingerprint density at radius 2 is 1.29 bits per heavy atom. The van der Waals surface area contributed by atoms with Gasteiger partial charge in [-0.05, 0) is 95.3 Å². The maximum atomic E-state index is 13.1. The molecule has 0 heterocycles. The van der Waals surface area contributed by atoms with Gasteiger partial charge < -0.3 is 14.2 Å². The van der Waals surface area contributed by atoms with Gasteiger partial charge in [-0.3, -0.25) is 19.7 Å². The van der Waals surface area contributed by atoms with Gasteiger partial charge in [0.05, 0.1) is 24.5 Å². The van der Waals surface area contributed by atoms with Crippen molar-refractivity contribution in [3.8, 4) is 0 Å². The maximum Gasteiger partial charge on any atom is 0.309 e. The molecule has 0 saturated heterocycles. The van der Waals surface area contributed by atoms with E-state index in [2.05, 4.69) is 20.8 Å². The second-order valence-electron chi connectivity index (χ2n) is 14.4. The molecular formula is C37H65NO7. The minimum Gasteiger partial charge on any atom is -0.465 e. The van der Waals surface area contributed by atoms with Crippen LogP contribution in [0.4, 0.5) is 0 Å². The number of rotatable bonds is 20. The number of carbonyl (C=O) groups is 2. The van der Waals surface area contributed by atoms with E-state index in [1.807, 2.05) is 0 Å². The molecule has 0 aromatic heterocycles. The summed E-state index contributed by atoms with van der Waals surface area (Å²) < 4.78 is 17.9. The number of esters is 2. The second kappa shape index (κ2) is 21.2. The number of carbonyl (C=O) groups excluding carboxylic acids is 2. The van der Waals surface area contributed by atoms with E-state index in [4.69, 9.17) is 14.2 Å². The lowest BCUT2D eigenvalue weighted by Crippen LogP contribution is -2.45. The highest BCUT2D eigenvalue weighted by atomic mass is 16.6. The van der Waals surface area contributed by atoms with Crippen molar-refractivity contribution in [3.63, 3.8) is 0 Å². The fourth-order valence-electron chi connectivity index (χ4n) is 8.07. The molecule has 0 radical (unpaired) electrons. The van der Waals surface area contributed by atoms with Crippen molar-refractivity contribution in [2.45, 2.75) is 193 Å². The molecule has 3 aliphatic carbocycles. The Morgan fingerprint density at radius 1 is 0.711 bits per heavy atom. The standard InChI is InChI=1S/C37H65NO7/c1-4-7-9-11-12-14-26-43-36(39)30-18-16-28(17-19-30)29-20-23-33(24-21-29)45-37(40)31-22-25-35(34(27-31)38(41)42)44-32(6-3)15-13-10-8-5-2/h28-35H,4-27H2,1-3H3. The van der Waals surface area contributed by atoms with Crippen LogP contribution >= 0.6 is 0 Å². The highest BCUT2D eigenvalue weighted by Gasteiger charge is 2.44. The first-order valence-corrected chi connectivity index (χ1v) is 19.0. The van der Waals surface area contributed by atoms with E-state index in [-0.39, 0.29) is 41.4 Å². The third-order valence-corrected chi connectivity index (χ3v) is 11.1. The van der Waals surface area contributed by atoms with Crippen molar-refractivity contribution in [2.24, 2.45) is 23.7 Å². The Balaban J connectivity index is 1.33. The number of nitrogens with zero attached hydrogens (tertiary/aromatic N) is 1. The van der Waals surface area contributed by atoms with Crippen molar-refractivity contribution in [2.75, 3.05) is 6.61 Å². The summed E-state index contributed by atoms with van der Waals surface area (Å²) in [5, 5.41) is 12.0. The van der Waals surface area contributed by atoms with Crippen molar-refractivity contribution < 1.29 is 28.7 Å². The molecule has 0 spiro atoms. The van der Waals surface area contributed by atoms with Crippen molar-refractivity contribution >= 4 is 11.9 Å². The molecule has 3 rings (SSSR count). The van der Waals surface area contributed by atoms with Crippen molar-refractivity contribution in [3.05, 3.63) is 10.1 Å². The number of unbranched alkanes of at least 4 members (excludes halogenated alkanes) is 8. The van der Waals surface area contributed by atoms with Gasteiger partial charge >= 0.3 is 11.9 Å². The van der Waals surface area contributed by atoms with Crippen LogP contribution in [0, 0.1) is 33.8 Å². The van der Waals surface area contributed by atoms with Crippen LogP contribution in [0.2, 0.25) is 0 Å². The number of hydrogen-bond acceptors (Lipinski definition) is 7. The average molecular weight is 636 g/mol. The molecule has 8 heteroatoms. The molecule has 0 aromatic rings. The summed E-state index contributed by atoms with van der Waals surface area (Å²) in [7, 11) is 0. The third-order valence-electron chi connectivity index (χ3n) is 11.1. The summed E-state index contributed by atoms with van der Waals surface area (Å²) in [5.74, 6) is 0.652. The smallest absolute Gasteiger partial charge is 0.309 e. The lowest BCUT2D eigenvalue weighted by Gasteiger charge is -2.37. The predicted octanol–water partition coefficient (Wildman–Crippen LogP) is 9.38. The predicted molar refractivity (Wildman–Crippen MR) is 177 cm³/mol. The number of hydrogen-bond donors (Lipinski definition) is 0. The third kappa shape index (κ3) is 13.1. The molecule has 0 amide bonds. The Morgan fingerprint density at radius 3 is 1.91 bits per heavy atom. The second-order valence-corrected chi connectivity index (χ2v) is 14.4. The first-order valence-electron chi connectivity index (χ1n) is 19.0. The summed E-state index contributed by atoms with van der Waals surface area (Å²) in [5.41, 5.74) is 0. The first kappa shape index (κ1) is 37.8. The van der Waals surface area contributed by atoms with Gasteiger partial charge in [-0.25, -0.2) is 0 Å². The van der Waals surface area contributed by atoms with E-state index in [1.54, 1.807) is 0 Å². The van der Waals surface area contributed by atoms with Gasteiger partial charge in [0.2, 0.25) is 6.04 Å². The van der Waals surface area contributed by atoms with E-state index in [0.29, 0.717) is 31.3 Å². The fourth-order valence-corrected chi connectivity index (χ4v) is 8.07. The highest BCUT2D eigenvalue weighted by Crippen LogP contribution is 2.41. The number of nitro groups is 1. The lowest BCUT2D eigenvalue weighted by atomic mass is 9.70. The molecule has 45 heavy (non-hydrogen) atoms. The van der Waals surface area contributed by atoms with E-state index in [1.165, 1.54) is 44.9 Å². The number of ether oxygens (including phenoxy) is 3. The molecule has 0 aromatic carbocycles. The van der Waals surface area contributed by atoms with Crippen LogP contribution in [0.3, 0.4) is 0 Å². The fraction of sp³-hybridized carbons (Fsp3) is 0.946. The van der Waals surface area contributed by atoms with E-state index in [9.17, 15) is 19.7 Å². The van der Waals surface area contributed by atoms with Crippen LogP contribution < -0.4 is 0 Å². The Hall–Kier alpha value is -1.70. The monoisotopic (exact) mass is 635 g/mol. The van der Waals surface area contributed by atoms with Crippen LogP contribution in [0.15, 0.2) is 0 Å². The minimum absolute atomic E-state index is 0.00475. The normalized spacial score (nSPS) is 29.5. The molecule has 4 unspecified atom stereocenters. The molecule has 3 fully saturated rings. The highest BCUT2D eigenvalue weighted by molar-refractivity contribution is 5.73. The molecule has 3 saturated carbocycles. The largest absolute Gasteiger partial charge is 0.465 e. The Bertz CT molecular complexity index is 850. The maximum absolute atomic E-state index is 13.1. The SMILES string of the molecule is CCCCCCCCOC(=O)C1CCC(C2CCC(OC(=O)C3CCC(OC(CC)CCCCCC)C([N+](=O)[O-])C3)CC2)CC1. The zero-order chi connectivity index (χ0) is 32.4.